The molecule has 0 heterocycles. The van der Waals surface area contributed by atoms with Gasteiger partial charge in [-0.05, 0) is 44.7 Å². The summed E-state index contributed by atoms with van der Waals surface area (Å²) in [7, 11) is 1.58. The van der Waals surface area contributed by atoms with Crippen molar-refractivity contribution < 1.29 is 14.3 Å². The second-order valence-corrected chi connectivity index (χ2v) is 6.44. The first-order valence-corrected chi connectivity index (χ1v) is 9.54. The van der Waals surface area contributed by atoms with E-state index in [0.29, 0.717) is 24.5 Å². The zero-order chi connectivity index (χ0) is 20.5. The Hall–Kier alpha value is -2.86. The Balaban J connectivity index is 2.04. The SMILES string of the molecule is CCN(C(=O)C(C)N(CC)CC(=O)Nc1cccc(OC)c1)c1ccccc1. The standard InChI is InChI=1S/C22H29N3O3/c1-5-24(16-21(26)23-18-11-10-14-20(15-18)28-4)17(3)22(27)25(6-2)19-12-8-7-9-13-19/h7-15,17H,5-6,16H2,1-4H3,(H,23,26). The van der Waals surface area contributed by atoms with E-state index in [2.05, 4.69) is 5.32 Å². The van der Waals surface area contributed by atoms with Crippen LogP contribution in [0.15, 0.2) is 54.6 Å². The van der Waals surface area contributed by atoms with E-state index in [1.54, 1.807) is 24.1 Å². The lowest BCUT2D eigenvalue weighted by atomic mass is 10.2. The number of likely N-dealkylation sites (N-methyl/N-ethyl adjacent to an activating group) is 2. The molecule has 2 aromatic carbocycles. The molecule has 0 saturated heterocycles. The van der Waals surface area contributed by atoms with E-state index >= 15 is 0 Å². The fraction of sp³-hybridized carbons (Fsp3) is 0.364. The number of para-hydroxylation sites is 1. The maximum Gasteiger partial charge on any atom is 0.244 e. The van der Waals surface area contributed by atoms with Crippen molar-refractivity contribution in [2.75, 3.05) is 37.0 Å². The van der Waals surface area contributed by atoms with Gasteiger partial charge in [0.25, 0.3) is 0 Å². The van der Waals surface area contributed by atoms with Gasteiger partial charge in [-0.3, -0.25) is 14.5 Å². The molecule has 0 aliphatic carbocycles. The first kappa shape index (κ1) is 21.4. The number of nitrogens with zero attached hydrogens (tertiary/aromatic N) is 2. The lowest BCUT2D eigenvalue weighted by molar-refractivity contribution is -0.124. The van der Waals surface area contributed by atoms with Crippen molar-refractivity contribution in [2.45, 2.75) is 26.8 Å². The quantitative estimate of drug-likeness (QED) is 0.721. The number of rotatable bonds is 9. The molecule has 150 valence electrons. The average Bonchev–Trinajstić information content (AvgIpc) is 2.72. The Morgan fingerprint density at radius 1 is 1.04 bits per heavy atom. The van der Waals surface area contributed by atoms with Crippen LogP contribution in [-0.4, -0.2) is 49.5 Å². The molecular formula is C22H29N3O3. The number of hydrogen-bond donors (Lipinski definition) is 1. The molecule has 0 fully saturated rings. The number of hydrogen-bond acceptors (Lipinski definition) is 4. The maximum atomic E-state index is 13.0. The average molecular weight is 383 g/mol. The van der Waals surface area contributed by atoms with E-state index in [9.17, 15) is 9.59 Å². The number of amides is 2. The molecule has 0 bridgehead atoms. The number of anilines is 2. The topological polar surface area (TPSA) is 61.9 Å². The molecular weight excluding hydrogens is 354 g/mol. The second-order valence-electron chi connectivity index (χ2n) is 6.44. The Kier molecular flexibility index (Phi) is 8.02. The van der Waals surface area contributed by atoms with Gasteiger partial charge in [0.15, 0.2) is 0 Å². The molecule has 2 rings (SSSR count). The Bertz CT molecular complexity index is 780. The van der Waals surface area contributed by atoms with Crippen molar-refractivity contribution in [3.8, 4) is 5.75 Å². The van der Waals surface area contributed by atoms with Gasteiger partial charge < -0.3 is 15.0 Å². The predicted octanol–water partition coefficient (Wildman–Crippen LogP) is 3.40. The summed E-state index contributed by atoms with van der Waals surface area (Å²) < 4.78 is 5.18. The van der Waals surface area contributed by atoms with Gasteiger partial charge >= 0.3 is 0 Å². The van der Waals surface area contributed by atoms with Crippen LogP contribution >= 0.6 is 0 Å². The third-order valence-corrected chi connectivity index (χ3v) is 4.66. The highest BCUT2D eigenvalue weighted by molar-refractivity contribution is 5.98. The molecule has 1 unspecified atom stereocenters. The third-order valence-electron chi connectivity index (χ3n) is 4.66. The number of ether oxygens (including phenoxy) is 1. The van der Waals surface area contributed by atoms with E-state index in [1.807, 2.05) is 68.1 Å². The van der Waals surface area contributed by atoms with E-state index in [-0.39, 0.29) is 18.4 Å². The van der Waals surface area contributed by atoms with Crippen LogP contribution in [0, 0.1) is 0 Å². The van der Waals surface area contributed by atoms with Gasteiger partial charge in [0.05, 0.1) is 19.7 Å². The highest BCUT2D eigenvalue weighted by atomic mass is 16.5. The van der Waals surface area contributed by atoms with Crippen molar-refractivity contribution in [3.63, 3.8) is 0 Å². The van der Waals surface area contributed by atoms with Crippen LogP contribution in [0.1, 0.15) is 20.8 Å². The Morgan fingerprint density at radius 3 is 2.36 bits per heavy atom. The van der Waals surface area contributed by atoms with Gasteiger partial charge in [-0.2, -0.15) is 0 Å². The number of methoxy groups -OCH3 is 1. The van der Waals surface area contributed by atoms with Crippen LogP contribution in [-0.2, 0) is 9.59 Å². The molecule has 0 saturated carbocycles. The van der Waals surface area contributed by atoms with Gasteiger partial charge in [-0.1, -0.05) is 31.2 Å². The molecule has 28 heavy (non-hydrogen) atoms. The van der Waals surface area contributed by atoms with E-state index in [1.165, 1.54) is 0 Å². The summed E-state index contributed by atoms with van der Waals surface area (Å²) in [5.74, 6) is 0.484. The van der Waals surface area contributed by atoms with Crippen LogP contribution in [0.3, 0.4) is 0 Å². The second kappa shape index (κ2) is 10.5. The maximum absolute atomic E-state index is 13.0. The molecule has 0 spiro atoms. The zero-order valence-corrected chi connectivity index (χ0v) is 17.0. The molecule has 0 aliphatic heterocycles. The summed E-state index contributed by atoms with van der Waals surface area (Å²) >= 11 is 0. The van der Waals surface area contributed by atoms with Gasteiger partial charge in [-0.15, -0.1) is 0 Å². The number of benzene rings is 2. The minimum Gasteiger partial charge on any atom is -0.497 e. The summed E-state index contributed by atoms with van der Waals surface area (Å²) in [5.41, 5.74) is 1.53. The van der Waals surface area contributed by atoms with Gasteiger partial charge in [-0.25, -0.2) is 0 Å². The molecule has 1 N–H and O–H groups in total. The van der Waals surface area contributed by atoms with Crippen molar-refractivity contribution in [1.29, 1.82) is 0 Å². The molecule has 0 aromatic heterocycles. The van der Waals surface area contributed by atoms with Crippen molar-refractivity contribution in [2.24, 2.45) is 0 Å². The predicted molar refractivity (Wildman–Crippen MR) is 113 cm³/mol. The monoisotopic (exact) mass is 383 g/mol. The van der Waals surface area contributed by atoms with Gasteiger partial charge in [0.2, 0.25) is 11.8 Å². The highest BCUT2D eigenvalue weighted by Crippen LogP contribution is 2.18. The minimum absolute atomic E-state index is 0.0234. The lowest BCUT2D eigenvalue weighted by Crippen LogP contribution is -2.49. The summed E-state index contributed by atoms with van der Waals surface area (Å²) in [4.78, 5) is 29.1. The van der Waals surface area contributed by atoms with Crippen LogP contribution in [0.4, 0.5) is 11.4 Å². The summed E-state index contributed by atoms with van der Waals surface area (Å²) in [6.07, 6.45) is 0. The molecule has 2 amide bonds. The van der Waals surface area contributed by atoms with E-state index < -0.39 is 6.04 Å². The molecule has 6 heteroatoms. The number of nitrogens with one attached hydrogen (secondary N) is 1. The van der Waals surface area contributed by atoms with Crippen molar-refractivity contribution >= 4 is 23.2 Å². The summed E-state index contributed by atoms with van der Waals surface area (Å²) in [6, 6.07) is 16.4. The van der Waals surface area contributed by atoms with Crippen LogP contribution in [0.25, 0.3) is 0 Å². The Morgan fingerprint density at radius 2 is 1.75 bits per heavy atom. The number of carbonyl (C=O) groups is 2. The zero-order valence-electron chi connectivity index (χ0n) is 17.0. The highest BCUT2D eigenvalue weighted by Gasteiger charge is 2.26. The first-order chi connectivity index (χ1) is 13.5. The van der Waals surface area contributed by atoms with Crippen LogP contribution in [0.5, 0.6) is 5.75 Å². The lowest BCUT2D eigenvalue weighted by Gasteiger charge is -2.31. The smallest absolute Gasteiger partial charge is 0.244 e. The van der Waals surface area contributed by atoms with Crippen molar-refractivity contribution in [3.05, 3.63) is 54.6 Å². The third kappa shape index (κ3) is 5.57. The van der Waals surface area contributed by atoms with Gasteiger partial charge in [0, 0.05) is 24.0 Å². The van der Waals surface area contributed by atoms with Crippen LogP contribution in [0.2, 0.25) is 0 Å². The summed E-state index contributed by atoms with van der Waals surface area (Å²) in [6.45, 7) is 7.03. The number of carbonyl (C=O) groups excluding carboxylic acids is 2. The first-order valence-electron chi connectivity index (χ1n) is 9.54. The normalized spacial score (nSPS) is 11.8. The molecule has 0 radical (unpaired) electrons. The van der Waals surface area contributed by atoms with Crippen molar-refractivity contribution in [1.82, 2.24) is 4.90 Å². The minimum atomic E-state index is -0.416. The molecule has 1 atom stereocenters. The fourth-order valence-electron chi connectivity index (χ4n) is 3.06. The fourth-order valence-corrected chi connectivity index (χ4v) is 3.06. The summed E-state index contributed by atoms with van der Waals surface area (Å²) in [5, 5.41) is 2.86. The largest absolute Gasteiger partial charge is 0.497 e. The van der Waals surface area contributed by atoms with E-state index in [0.717, 1.165) is 5.69 Å². The Labute approximate surface area is 167 Å². The molecule has 2 aromatic rings. The van der Waals surface area contributed by atoms with Crippen LogP contribution < -0.4 is 15.0 Å². The molecule has 6 nitrogen and oxygen atoms in total. The van der Waals surface area contributed by atoms with E-state index in [4.69, 9.17) is 4.74 Å². The van der Waals surface area contributed by atoms with Gasteiger partial charge in [0.1, 0.15) is 5.75 Å². The molecule has 0 aliphatic rings.